The average Bonchev–Trinajstić information content (AvgIpc) is 2.12. The molecule has 66 valence electrons. The fourth-order valence-corrected chi connectivity index (χ4v) is 1.38. The zero-order chi connectivity index (χ0) is 9.42. The van der Waals surface area contributed by atoms with Gasteiger partial charge in [-0.25, -0.2) is 0 Å². The average molecular weight is 172 g/mol. The van der Waals surface area contributed by atoms with Gasteiger partial charge in [0.1, 0.15) is 0 Å². The molecule has 0 fully saturated rings. The first-order chi connectivity index (χ1) is 6.18. The van der Waals surface area contributed by atoms with Crippen LogP contribution in [0.5, 0.6) is 0 Å². The third-order valence-electron chi connectivity index (χ3n) is 2.36. The van der Waals surface area contributed by atoms with Crippen LogP contribution in [0.25, 0.3) is 11.0 Å². The van der Waals surface area contributed by atoms with Crippen LogP contribution in [0.4, 0.5) is 0 Å². The van der Waals surface area contributed by atoms with E-state index in [-0.39, 0.29) is 0 Å². The van der Waals surface area contributed by atoms with E-state index in [0.29, 0.717) is 0 Å². The van der Waals surface area contributed by atoms with Crippen LogP contribution in [0.2, 0.25) is 0 Å². The molecule has 0 atom stereocenters. The highest BCUT2D eigenvalue weighted by molar-refractivity contribution is 5.78. The van der Waals surface area contributed by atoms with Crippen molar-refractivity contribution in [3.63, 3.8) is 0 Å². The number of hydrogen-bond donors (Lipinski definition) is 0. The van der Waals surface area contributed by atoms with Crippen LogP contribution < -0.4 is 0 Å². The maximum Gasteiger partial charge on any atom is 0.0921 e. The fourth-order valence-electron chi connectivity index (χ4n) is 1.38. The molecule has 2 aromatic heterocycles. The third-order valence-corrected chi connectivity index (χ3v) is 2.36. The van der Waals surface area contributed by atoms with Crippen LogP contribution in [0.3, 0.4) is 0 Å². The molecular weight excluding hydrogens is 160 g/mol. The van der Waals surface area contributed by atoms with Gasteiger partial charge in [0.25, 0.3) is 0 Å². The topological polar surface area (TPSA) is 25.8 Å². The van der Waals surface area contributed by atoms with Crippen molar-refractivity contribution in [2.45, 2.75) is 20.8 Å². The Labute approximate surface area is 77.6 Å². The minimum absolute atomic E-state index is 0.980. The molecule has 0 N–H and O–H groups in total. The maximum absolute atomic E-state index is 4.47. The standard InChI is InChI=1S/C11H12N2/c1-7-6-12-10-5-4-8(2)13-11(10)9(7)3/h4-6H,1-3H3. The van der Waals surface area contributed by atoms with E-state index in [1.807, 2.05) is 25.3 Å². The first kappa shape index (κ1) is 8.17. The molecule has 2 heteroatoms. The van der Waals surface area contributed by atoms with Crippen molar-refractivity contribution in [3.05, 3.63) is 35.2 Å². The Hall–Kier alpha value is -1.44. The quantitative estimate of drug-likeness (QED) is 0.610. The SMILES string of the molecule is Cc1ccc2ncc(C)c(C)c2n1. The summed E-state index contributed by atoms with van der Waals surface area (Å²) in [4.78, 5) is 8.79. The summed E-state index contributed by atoms with van der Waals surface area (Å²) in [6.45, 7) is 6.15. The van der Waals surface area contributed by atoms with E-state index in [1.165, 1.54) is 11.1 Å². The van der Waals surface area contributed by atoms with E-state index >= 15 is 0 Å². The zero-order valence-electron chi connectivity index (χ0n) is 8.13. The van der Waals surface area contributed by atoms with Crippen molar-refractivity contribution >= 4 is 11.0 Å². The molecule has 2 rings (SSSR count). The van der Waals surface area contributed by atoms with Gasteiger partial charge in [0.15, 0.2) is 0 Å². The lowest BCUT2D eigenvalue weighted by molar-refractivity contribution is 1.19. The van der Waals surface area contributed by atoms with Crippen LogP contribution in [0.1, 0.15) is 16.8 Å². The molecule has 0 radical (unpaired) electrons. The minimum Gasteiger partial charge on any atom is -0.254 e. The van der Waals surface area contributed by atoms with Crippen LogP contribution in [-0.4, -0.2) is 9.97 Å². The smallest absolute Gasteiger partial charge is 0.0921 e. The highest BCUT2D eigenvalue weighted by Crippen LogP contribution is 2.16. The molecule has 0 aliphatic rings. The molecule has 0 saturated heterocycles. The van der Waals surface area contributed by atoms with Crippen LogP contribution >= 0.6 is 0 Å². The summed E-state index contributed by atoms with van der Waals surface area (Å²) in [5.41, 5.74) is 5.48. The van der Waals surface area contributed by atoms with E-state index in [9.17, 15) is 0 Å². The van der Waals surface area contributed by atoms with Gasteiger partial charge in [-0.05, 0) is 44.0 Å². The van der Waals surface area contributed by atoms with Crippen LogP contribution in [-0.2, 0) is 0 Å². The Bertz CT molecular complexity index is 456. The van der Waals surface area contributed by atoms with Gasteiger partial charge >= 0.3 is 0 Å². The van der Waals surface area contributed by atoms with Gasteiger partial charge in [0.2, 0.25) is 0 Å². The summed E-state index contributed by atoms with van der Waals surface area (Å²) < 4.78 is 0. The largest absolute Gasteiger partial charge is 0.254 e. The van der Waals surface area contributed by atoms with Gasteiger partial charge in [-0.1, -0.05) is 0 Å². The van der Waals surface area contributed by atoms with Gasteiger partial charge in [0.05, 0.1) is 11.0 Å². The molecule has 0 unspecified atom stereocenters. The Morgan fingerprint density at radius 3 is 2.62 bits per heavy atom. The number of rotatable bonds is 0. The molecule has 2 nitrogen and oxygen atoms in total. The van der Waals surface area contributed by atoms with Crippen molar-refractivity contribution in [2.24, 2.45) is 0 Å². The van der Waals surface area contributed by atoms with Crippen LogP contribution in [0.15, 0.2) is 18.3 Å². The predicted octanol–water partition coefficient (Wildman–Crippen LogP) is 2.56. The Morgan fingerprint density at radius 2 is 1.85 bits per heavy atom. The summed E-state index contributed by atoms with van der Waals surface area (Å²) in [5.74, 6) is 0. The summed E-state index contributed by atoms with van der Waals surface area (Å²) in [6.07, 6.45) is 1.90. The molecule has 0 aliphatic heterocycles. The number of pyridine rings is 2. The van der Waals surface area contributed by atoms with Crippen molar-refractivity contribution in [3.8, 4) is 0 Å². The Kier molecular flexibility index (Phi) is 1.76. The number of fused-ring (bicyclic) bond motifs is 1. The fraction of sp³-hybridized carbons (Fsp3) is 0.273. The summed E-state index contributed by atoms with van der Waals surface area (Å²) in [6, 6.07) is 4.01. The van der Waals surface area contributed by atoms with Gasteiger partial charge in [0, 0.05) is 11.9 Å². The summed E-state index contributed by atoms with van der Waals surface area (Å²) in [7, 11) is 0. The lowest BCUT2D eigenvalue weighted by atomic mass is 10.1. The molecule has 2 heterocycles. The Morgan fingerprint density at radius 1 is 1.08 bits per heavy atom. The van der Waals surface area contributed by atoms with Crippen molar-refractivity contribution < 1.29 is 0 Å². The lowest BCUT2D eigenvalue weighted by Crippen LogP contribution is -1.91. The predicted molar refractivity (Wildman–Crippen MR) is 53.7 cm³/mol. The van der Waals surface area contributed by atoms with Gasteiger partial charge < -0.3 is 0 Å². The van der Waals surface area contributed by atoms with E-state index in [0.717, 1.165) is 16.7 Å². The number of aromatic nitrogens is 2. The first-order valence-electron chi connectivity index (χ1n) is 4.38. The van der Waals surface area contributed by atoms with Crippen molar-refractivity contribution in [1.29, 1.82) is 0 Å². The molecule has 2 aromatic rings. The molecule has 0 saturated carbocycles. The molecule has 13 heavy (non-hydrogen) atoms. The van der Waals surface area contributed by atoms with E-state index in [1.54, 1.807) is 0 Å². The second-order valence-electron chi connectivity index (χ2n) is 3.39. The third kappa shape index (κ3) is 1.28. The second-order valence-corrected chi connectivity index (χ2v) is 3.39. The molecule has 0 aliphatic carbocycles. The normalized spacial score (nSPS) is 10.7. The summed E-state index contributed by atoms with van der Waals surface area (Å²) in [5, 5.41) is 0. The maximum atomic E-state index is 4.47. The molecule has 0 bridgehead atoms. The number of aryl methyl sites for hydroxylation is 3. The van der Waals surface area contributed by atoms with Crippen molar-refractivity contribution in [1.82, 2.24) is 9.97 Å². The number of hydrogen-bond acceptors (Lipinski definition) is 2. The minimum atomic E-state index is 0.980. The first-order valence-corrected chi connectivity index (χ1v) is 4.38. The van der Waals surface area contributed by atoms with E-state index in [4.69, 9.17) is 0 Å². The second kappa shape index (κ2) is 2.80. The molecular formula is C11H12N2. The van der Waals surface area contributed by atoms with E-state index in [2.05, 4.69) is 23.8 Å². The molecule has 0 aromatic carbocycles. The van der Waals surface area contributed by atoms with Gasteiger partial charge in [-0.2, -0.15) is 0 Å². The number of nitrogens with zero attached hydrogens (tertiary/aromatic N) is 2. The monoisotopic (exact) mass is 172 g/mol. The van der Waals surface area contributed by atoms with E-state index < -0.39 is 0 Å². The van der Waals surface area contributed by atoms with Gasteiger partial charge in [-0.15, -0.1) is 0 Å². The van der Waals surface area contributed by atoms with Crippen LogP contribution in [0, 0.1) is 20.8 Å². The highest BCUT2D eigenvalue weighted by Gasteiger charge is 2.02. The lowest BCUT2D eigenvalue weighted by Gasteiger charge is -2.04. The summed E-state index contributed by atoms with van der Waals surface area (Å²) >= 11 is 0. The zero-order valence-corrected chi connectivity index (χ0v) is 8.13. The Balaban J connectivity index is 2.89. The van der Waals surface area contributed by atoms with Crippen molar-refractivity contribution in [2.75, 3.05) is 0 Å². The molecule has 0 amide bonds. The molecule has 0 spiro atoms. The highest BCUT2D eigenvalue weighted by atomic mass is 14.8. The van der Waals surface area contributed by atoms with Gasteiger partial charge in [-0.3, -0.25) is 9.97 Å².